The second-order valence-corrected chi connectivity index (χ2v) is 8.88. The maximum absolute atomic E-state index is 13.3. The third-order valence-corrected chi connectivity index (χ3v) is 6.85. The molecule has 0 unspecified atom stereocenters. The number of hydrogen-bond acceptors (Lipinski definition) is 5. The van der Waals surface area contributed by atoms with Crippen LogP contribution in [0.2, 0.25) is 5.02 Å². The standard InChI is InChI=1S/C19H21ClFN3O4S/c1-2-28-19-17(4-3-9-22-19)23-18(25)13-7-10-24(11-8-13)29(26,27)14-5-6-16(21)15(20)12-14/h3-6,9,12-13H,2,7-8,10-11H2,1H3,(H,23,25). The molecule has 1 N–H and O–H groups in total. The Hall–Kier alpha value is -2.23. The van der Waals surface area contributed by atoms with Crippen LogP contribution >= 0.6 is 11.6 Å². The predicted molar refractivity (Wildman–Crippen MR) is 107 cm³/mol. The van der Waals surface area contributed by atoms with Gasteiger partial charge in [-0.15, -0.1) is 0 Å². The van der Waals surface area contributed by atoms with Gasteiger partial charge in [0.05, 0.1) is 16.5 Å². The van der Waals surface area contributed by atoms with Gasteiger partial charge in [0.25, 0.3) is 0 Å². The van der Waals surface area contributed by atoms with Crippen LogP contribution in [0.3, 0.4) is 0 Å². The molecule has 2 aromatic rings. The number of benzene rings is 1. The highest BCUT2D eigenvalue weighted by Crippen LogP contribution is 2.28. The van der Waals surface area contributed by atoms with E-state index in [2.05, 4.69) is 10.3 Å². The summed E-state index contributed by atoms with van der Waals surface area (Å²) >= 11 is 5.71. The number of amides is 1. The zero-order chi connectivity index (χ0) is 21.0. The van der Waals surface area contributed by atoms with Crippen LogP contribution in [0.1, 0.15) is 19.8 Å². The van der Waals surface area contributed by atoms with Crippen LogP contribution in [-0.2, 0) is 14.8 Å². The van der Waals surface area contributed by atoms with Crippen molar-refractivity contribution in [2.45, 2.75) is 24.7 Å². The van der Waals surface area contributed by atoms with Gasteiger partial charge < -0.3 is 10.1 Å². The van der Waals surface area contributed by atoms with Crippen molar-refractivity contribution in [3.05, 3.63) is 47.4 Å². The van der Waals surface area contributed by atoms with Gasteiger partial charge in [0.1, 0.15) is 11.5 Å². The number of nitrogens with zero attached hydrogens (tertiary/aromatic N) is 2. The van der Waals surface area contributed by atoms with E-state index in [0.717, 1.165) is 12.1 Å². The third kappa shape index (κ3) is 4.85. The number of nitrogens with one attached hydrogen (secondary N) is 1. The Bertz CT molecular complexity index is 995. The van der Waals surface area contributed by atoms with E-state index in [4.69, 9.17) is 16.3 Å². The molecule has 1 aromatic carbocycles. The normalized spacial score (nSPS) is 15.8. The van der Waals surface area contributed by atoms with Gasteiger partial charge in [-0.2, -0.15) is 4.31 Å². The summed E-state index contributed by atoms with van der Waals surface area (Å²) in [6.07, 6.45) is 2.31. The Morgan fingerprint density at radius 1 is 1.34 bits per heavy atom. The second-order valence-electron chi connectivity index (χ2n) is 6.53. The molecule has 0 bridgehead atoms. The summed E-state index contributed by atoms with van der Waals surface area (Å²) in [4.78, 5) is 16.6. The fourth-order valence-electron chi connectivity index (χ4n) is 3.12. The molecule has 1 aliphatic rings. The minimum atomic E-state index is -3.80. The molecule has 0 radical (unpaired) electrons. The van der Waals surface area contributed by atoms with Gasteiger partial charge in [0, 0.05) is 25.2 Å². The minimum absolute atomic E-state index is 0.0662. The fraction of sp³-hybridized carbons (Fsp3) is 0.368. The van der Waals surface area contributed by atoms with Crippen molar-refractivity contribution >= 4 is 33.2 Å². The highest BCUT2D eigenvalue weighted by Gasteiger charge is 2.32. The molecule has 156 valence electrons. The molecule has 0 aliphatic carbocycles. The SMILES string of the molecule is CCOc1ncccc1NC(=O)C1CCN(S(=O)(=O)c2ccc(F)c(Cl)c2)CC1. The molecule has 7 nitrogen and oxygen atoms in total. The van der Waals surface area contributed by atoms with Gasteiger partial charge in [-0.1, -0.05) is 11.6 Å². The second kappa shape index (κ2) is 9.06. The van der Waals surface area contributed by atoms with Crippen molar-refractivity contribution in [1.82, 2.24) is 9.29 Å². The van der Waals surface area contributed by atoms with E-state index in [-0.39, 0.29) is 34.8 Å². The number of pyridine rings is 1. The Morgan fingerprint density at radius 2 is 2.07 bits per heavy atom. The number of rotatable bonds is 6. The summed E-state index contributed by atoms with van der Waals surface area (Å²) < 4.78 is 45.5. The van der Waals surface area contributed by atoms with Crippen molar-refractivity contribution in [3.63, 3.8) is 0 Å². The van der Waals surface area contributed by atoms with E-state index in [1.807, 2.05) is 6.92 Å². The number of piperidine rings is 1. The quantitative estimate of drug-likeness (QED) is 0.742. The third-order valence-electron chi connectivity index (χ3n) is 4.66. The molecule has 0 atom stereocenters. The Balaban J connectivity index is 1.64. The Morgan fingerprint density at radius 3 is 2.72 bits per heavy atom. The summed E-state index contributed by atoms with van der Waals surface area (Å²) in [6, 6.07) is 6.71. The highest BCUT2D eigenvalue weighted by atomic mass is 35.5. The molecule has 29 heavy (non-hydrogen) atoms. The summed E-state index contributed by atoms with van der Waals surface area (Å²) in [5, 5.41) is 2.56. The maximum atomic E-state index is 13.3. The molecule has 0 spiro atoms. The summed E-state index contributed by atoms with van der Waals surface area (Å²) in [5.41, 5.74) is 0.482. The molecular weight excluding hydrogens is 421 g/mol. The Kier molecular flexibility index (Phi) is 6.71. The van der Waals surface area contributed by atoms with Gasteiger partial charge in [0.2, 0.25) is 21.8 Å². The van der Waals surface area contributed by atoms with Crippen LogP contribution < -0.4 is 10.1 Å². The van der Waals surface area contributed by atoms with Crippen molar-refractivity contribution in [1.29, 1.82) is 0 Å². The summed E-state index contributed by atoms with van der Waals surface area (Å²) in [7, 11) is -3.80. The van der Waals surface area contributed by atoms with E-state index < -0.39 is 15.8 Å². The van der Waals surface area contributed by atoms with Gasteiger partial charge >= 0.3 is 0 Å². The number of sulfonamides is 1. The molecule has 1 amide bonds. The van der Waals surface area contributed by atoms with Crippen LogP contribution in [0, 0.1) is 11.7 Å². The molecule has 10 heteroatoms. The smallest absolute Gasteiger partial charge is 0.243 e. The number of carbonyl (C=O) groups excluding carboxylic acids is 1. The number of hydrogen-bond donors (Lipinski definition) is 1. The minimum Gasteiger partial charge on any atom is -0.476 e. The molecule has 1 aromatic heterocycles. The van der Waals surface area contributed by atoms with Gasteiger partial charge in [0.15, 0.2) is 0 Å². The van der Waals surface area contributed by atoms with Gasteiger partial charge in [-0.05, 0) is 50.1 Å². The van der Waals surface area contributed by atoms with E-state index in [9.17, 15) is 17.6 Å². The lowest BCUT2D eigenvalue weighted by atomic mass is 9.97. The average molecular weight is 442 g/mol. The first-order valence-electron chi connectivity index (χ1n) is 9.16. The molecule has 1 fully saturated rings. The van der Waals surface area contributed by atoms with Crippen LogP contribution in [0.4, 0.5) is 10.1 Å². The summed E-state index contributed by atoms with van der Waals surface area (Å²) in [6.45, 7) is 2.61. The maximum Gasteiger partial charge on any atom is 0.243 e. The van der Waals surface area contributed by atoms with E-state index in [1.54, 1.807) is 18.3 Å². The van der Waals surface area contributed by atoms with E-state index >= 15 is 0 Å². The molecule has 1 aliphatic heterocycles. The topological polar surface area (TPSA) is 88.6 Å². The molecule has 2 heterocycles. The monoisotopic (exact) mass is 441 g/mol. The molecular formula is C19H21ClFN3O4S. The van der Waals surface area contributed by atoms with Crippen LogP contribution in [-0.4, -0.2) is 43.3 Å². The van der Waals surface area contributed by atoms with E-state index in [1.165, 1.54) is 10.4 Å². The number of ether oxygens (including phenoxy) is 1. The van der Waals surface area contributed by atoms with Crippen molar-refractivity contribution in [3.8, 4) is 5.88 Å². The van der Waals surface area contributed by atoms with Crippen molar-refractivity contribution < 1.29 is 22.3 Å². The highest BCUT2D eigenvalue weighted by molar-refractivity contribution is 7.89. The number of anilines is 1. The zero-order valence-corrected chi connectivity index (χ0v) is 17.3. The number of halogens is 2. The van der Waals surface area contributed by atoms with Crippen molar-refractivity contribution in [2.75, 3.05) is 25.0 Å². The lowest BCUT2D eigenvalue weighted by Crippen LogP contribution is -2.41. The molecule has 3 rings (SSSR count). The lowest BCUT2D eigenvalue weighted by molar-refractivity contribution is -0.120. The molecule has 1 saturated heterocycles. The summed E-state index contributed by atoms with van der Waals surface area (Å²) in [5.74, 6) is -0.881. The first-order chi connectivity index (χ1) is 13.8. The van der Waals surface area contributed by atoms with Crippen LogP contribution in [0.5, 0.6) is 5.88 Å². The number of carbonyl (C=O) groups is 1. The van der Waals surface area contributed by atoms with E-state index in [0.29, 0.717) is 31.0 Å². The predicted octanol–water partition coefficient (Wildman–Crippen LogP) is 3.31. The van der Waals surface area contributed by atoms with Crippen LogP contribution in [0.25, 0.3) is 0 Å². The first kappa shape index (κ1) is 21.5. The molecule has 0 saturated carbocycles. The average Bonchev–Trinajstić information content (AvgIpc) is 2.71. The van der Waals surface area contributed by atoms with Gasteiger partial charge in [-0.25, -0.2) is 17.8 Å². The first-order valence-corrected chi connectivity index (χ1v) is 11.0. The Labute approximate surface area is 173 Å². The van der Waals surface area contributed by atoms with Crippen LogP contribution in [0.15, 0.2) is 41.4 Å². The van der Waals surface area contributed by atoms with Crippen molar-refractivity contribution in [2.24, 2.45) is 5.92 Å². The van der Waals surface area contributed by atoms with Gasteiger partial charge in [-0.3, -0.25) is 4.79 Å². The fourth-order valence-corrected chi connectivity index (χ4v) is 4.86. The lowest BCUT2D eigenvalue weighted by Gasteiger charge is -2.30. The zero-order valence-electron chi connectivity index (χ0n) is 15.8. The largest absolute Gasteiger partial charge is 0.476 e. The number of aromatic nitrogens is 1.